The second-order valence-corrected chi connectivity index (χ2v) is 6.02. The molecule has 2 amide bonds. The predicted octanol–water partition coefficient (Wildman–Crippen LogP) is 2.82. The van der Waals surface area contributed by atoms with Gasteiger partial charge in [0.2, 0.25) is 11.8 Å². The molecule has 9 heteroatoms. The number of carbonyl (C=O) groups is 2. The lowest BCUT2D eigenvalue weighted by molar-refractivity contribution is -0.119. The molecule has 0 aliphatic rings. The van der Waals surface area contributed by atoms with E-state index >= 15 is 0 Å². The number of nitrogens with one attached hydrogen (secondary N) is 2. The van der Waals surface area contributed by atoms with Crippen LogP contribution >= 0.6 is 23.2 Å². The molecule has 0 aliphatic carbocycles. The van der Waals surface area contributed by atoms with Crippen LogP contribution in [0.15, 0.2) is 24.4 Å². The zero-order chi connectivity index (χ0) is 17.0. The van der Waals surface area contributed by atoms with Gasteiger partial charge < -0.3 is 10.6 Å². The van der Waals surface area contributed by atoms with E-state index in [0.29, 0.717) is 21.6 Å². The molecule has 0 saturated heterocycles. The first-order valence-electron chi connectivity index (χ1n) is 6.80. The summed E-state index contributed by atoms with van der Waals surface area (Å²) in [6, 6.07) is 4.74. The molecule has 23 heavy (non-hydrogen) atoms. The van der Waals surface area contributed by atoms with Crippen molar-refractivity contribution < 1.29 is 9.59 Å². The monoisotopic (exact) mass is 355 g/mol. The van der Waals surface area contributed by atoms with Gasteiger partial charge in [-0.25, -0.2) is 4.68 Å². The molecule has 0 spiro atoms. The molecule has 7 nitrogen and oxygen atoms in total. The van der Waals surface area contributed by atoms with Gasteiger partial charge in [0, 0.05) is 21.7 Å². The van der Waals surface area contributed by atoms with Crippen molar-refractivity contribution in [2.45, 2.75) is 20.4 Å². The molecule has 1 heterocycles. The average molecular weight is 356 g/mol. The Morgan fingerprint density at radius 3 is 2.43 bits per heavy atom. The maximum Gasteiger partial charge on any atom is 0.246 e. The van der Waals surface area contributed by atoms with E-state index in [0.717, 1.165) is 0 Å². The van der Waals surface area contributed by atoms with Crippen LogP contribution in [-0.4, -0.2) is 26.8 Å². The van der Waals surface area contributed by atoms with Crippen molar-refractivity contribution in [1.29, 1.82) is 0 Å². The number of hydrogen-bond donors (Lipinski definition) is 2. The van der Waals surface area contributed by atoms with Crippen LogP contribution < -0.4 is 10.6 Å². The number of rotatable bonds is 5. The van der Waals surface area contributed by atoms with Crippen molar-refractivity contribution in [1.82, 2.24) is 15.0 Å². The second kappa shape index (κ2) is 7.43. The van der Waals surface area contributed by atoms with Gasteiger partial charge in [0.1, 0.15) is 6.54 Å². The maximum atomic E-state index is 12.0. The van der Waals surface area contributed by atoms with Crippen LogP contribution in [0, 0.1) is 5.92 Å². The van der Waals surface area contributed by atoms with E-state index in [1.54, 1.807) is 32.0 Å². The number of amides is 2. The van der Waals surface area contributed by atoms with Gasteiger partial charge in [-0.2, -0.15) is 0 Å². The summed E-state index contributed by atoms with van der Waals surface area (Å²) in [6.45, 7) is 3.47. The largest absolute Gasteiger partial charge is 0.324 e. The summed E-state index contributed by atoms with van der Waals surface area (Å²) in [7, 11) is 0. The first-order chi connectivity index (χ1) is 10.8. The quantitative estimate of drug-likeness (QED) is 0.862. The minimum Gasteiger partial charge on any atom is -0.324 e. The summed E-state index contributed by atoms with van der Waals surface area (Å²) in [6.07, 6.45) is 1.48. The Bertz CT molecular complexity index is 709. The van der Waals surface area contributed by atoms with Gasteiger partial charge in [-0.15, -0.1) is 5.10 Å². The van der Waals surface area contributed by atoms with Crippen LogP contribution in [0.25, 0.3) is 0 Å². The summed E-state index contributed by atoms with van der Waals surface area (Å²) in [5, 5.41) is 13.7. The Morgan fingerprint density at radius 1 is 1.17 bits per heavy atom. The summed E-state index contributed by atoms with van der Waals surface area (Å²) < 4.78 is 1.32. The molecule has 1 aromatic heterocycles. The highest BCUT2D eigenvalue weighted by Gasteiger charge is 2.11. The first-order valence-corrected chi connectivity index (χ1v) is 7.56. The van der Waals surface area contributed by atoms with E-state index in [2.05, 4.69) is 20.9 Å². The highest BCUT2D eigenvalue weighted by molar-refractivity contribution is 6.35. The van der Waals surface area contributed by atoms with Gasteiger partial charge in [-0.3, -0.25) is 9.59 Å². The minimum absolute atomic E-state index is 0.0608. The Labute approximate surface area is 143 Å². The van der Waals surface area contributed by atoms with E-state index in [1.165, 1.54) is 10.9 Å². The fourth-order valence-corrected chi connectivity index (χ4v) is 2.20. The van der Waals surface area contributed by atoms with Crippen LogP contribution in [0.2, 0.25) is 10.0 Å². The minimum atomic E-state index is -0.324. The molecular weight excluding hydrogens is 341 g/mol. The van der Waals surface area contributed by atoms with E-state index in [-0.39, 0.29) is 24.3 Å². The van der Waals surface area contributed by atoms with Gasteiger partial charge in [0.25, 0.3) is 0 Å². The number of nitrogens with zero attached hydrogens (tertiary/aromatic N) is 3. The molecule has 0 saturated carbocycles. The van der Waals surface area contributed by atoms with Crippen molar-refractivity contribution in [2.24, 2.45) is 5.92 Å². The number of benzene rings is 1. The van der Waals surface area contributed by atoms with Crippen molar-refractivity contribution in [3.05, 3.63) is 34.4 Å². The molecule has 122 valence electrons. The maximum absolute atomic E-state index is 12.0. The van der Waals surface area contributed by atoms with Crippen LogP contribution in [0.3, 0.4) is 0 Å². The average Bonchev–Trinajstić information content (AvgIpc) is 2.84. The van der Waals surface area contributed by atoms with Gasteiger partial charge in [0.15, 0.2) is 5.82 Å². The molecular formula is C14H15Cl2N5O2. The predicted molar refractivity (Wildman–Crippen MR) is 88.6 cm³/mol. The molecule has 0 unspecified atom stereocenters. The lowest BCUT2D eigenvalue weighted by Crippen LogP contribution is -2.19. The summed E-state index contributed by atoms with van der Waals surface area (Å²) >= 11 is 11.7. The van der Waals surface area contributed by atoms with Crippen molar-refractivity contribution in [2.75, 3.05) is 10.6 Å². The molecule has 2 aromatic rings. The number of anilines is 2. The first kappa shape index (κ1) is 17.2. The Morgan fingerprint density at radius 2 is 1.83 bits per heavy atom. The number of hydrogen-bond acceptors (Lipinski definition) is 4. The molecule has 2 rings (SSSR count). The Kier molecular flexibility index (Phi) is 5.57. The fraction of sp³-hybridized carbons (Fsp3) is 0.286. The van der Waals surface area contributed by atoms with E-state index in [9.17, 15) is 9.59 Å². The second-order valence-electron chi connectivity index (χ2n) is 5.15. The number of halogens is 2. The van der Waals surface area contributed by atoms with Crippen LogP contribution in [0.1, 0.15) is 13.8 Å². The van der Waals surface area contributed by atoms with E-state index in [1.807, 2.05) is 0 Å². The summed E-state index contributed by atoms with van der Waals surface area (Å²) in [4.78, 5) is 23.5. The van der Waals surface area contributed by atoms with Crippen molar-refractivity contribution in [3.8, 4) is 0 Å². The van der Waals surface area contributed by atoms with Gasteiger partial charge >= 0.3 is 0 Å². The third-order valence-electron chi connectivity index (χ3n) is 2.77. The Balaban J connectivity index is 1.95. The lowest BCUT2D eigenvalue weighted by atomic mass is 10.2. The van der Waals surface area contributed by atoms with Gasteiger partial charge in [-0.1, -0.05) is 42.3 Å². The third kappa shape index (κ3) is 5.22. The Hall–Kier alpha value is -2.12. The molecule has 0 atom stereocenters. The molecule has 0 bridgehead atoms. The van der Waals surface area contributed by atoms with E-state index in [4.69, 9.17) is 23.2 Å². The number of carbonyl (C=O) groups excluding carboxylic acids is 2. The van der Waals surface area contributed by atoms with Crippen molar-refractivity contribution >= 4 is 46.5 Å². The summed E-state index contributed by atoms with van der Waals surface area (Å²) in [5.41, 5.74) is 0.487. The molecule has 2 N–H and O–H groups in total. The molecule has 1 aromatic carbocycles. The standard InChI is InChI=1S/C14H15Cl2N5O2/c1-8(2)14(23)18-12-6-21(20-19-12)7-13(22)17-11-4-9(15)3-10(16)5-11/h3-6,8H,7H2,1-2H3,(H,17,22)(H,18,23). The van der Waals surface area contributed by atoms with Crippen LogP contribution in [-0.2, 0) is 16.1 Å². The van der Waals surface area contributed by atoms with E-state index < -0.39 is 0 Å². The summed E-state index contributed by atoms with van der Waals surface area (Å²) in [5.74, 6) is -0.372. The highest BCUT2D eigenvalue weighted by Crippen LogP contribution is 2.22. The lowest BCUT2D eigenvalue weighted by Gasteiger charge is -2.06. The van der Waals surface area contributed by atoms with Gasteiger partial charge in [0.05, 0.1) is 6.20 Å². The van der Waals surface area contributed by atoms with Crippen LogP contribution in [0.4, 0.5) is 11.5 Å². The topological polar surface area (TPSA) is 88.9 Å². The zero-order valence-corrected chi connectivity index (χ0v) is 14.0. The normalized spacial score (nSPS) is 10.7. The van der Waals surface area contributed by atoms with Gasteiger partial charge in [-0.05, 0) is 18.2 Å². The van der Waals surface area contributed by atoms with Crippen molar-refractivity contribution in [3.63, 3.8) is 0 Å². The van der Waals surface area contributed by atoms with Crippen LogP contribution in [0.5, 0.6) is 0 Å². The fourth-order valence-electron chi connectivity index (χ4n) is 1.68. The third-order valence-corrected chi connectivity index (χ3v) is 3.20. The highest BCUT2D eigenvalue weighted by atomic mass is 35.5. The molecule has 0 aliphatic heterocycles. The SMILES string of the molecule is CC(C)C(=O)Nc1cn(CC(=O)Nc2cc(Cl)cc(Cl)c2)nn1. The number of aromatic nitrogens is 3. The zero-order valence-electron chi connectivity index (χ0n) is 12.5. The smallest absolute Gasteiger partial charge is 0.246 e. The molecule has 0 radical (unpaired) electrons. The molecule has 0 fully saturated rings.